The molecule has 1 saturated carbocycles. The number of benzene rings is 1. The van der Waals surface area contributed by atoms with Crippen LogP contribution in [0.3, 0.4) is 0 Å². The largest absolute Gasteiger partial charge is 0.347 e. The molecule has 2 aliphatic rings. The van der Waals surface area contributed by atoms with Crippen molar-refractivity contribution >= 4 is 11.8 Å². The summed E-state index contributed by atoms with van der Waals surface area (Å²) < 4.78 is 0. The van der Waals surface area contributed by atoms with Crippen LogP contribution in [0.15, 0.2) is 36.7 Å². The second-order valence-corrected chi connectivity index (χ2v) is 7.55. The van der Waals surface area contributed by atoms with Gasteiger partial charge in [-0.05, 0) is 18.9 Å². The van der Waals surface area contributed by atoms with E-state index in [2.05, 4.69) is 15.3 Å². The van der Waals surface area contributed by atoms with Crippen molar-refractivity contribution in [2.24, 2.45) is 0 Å². The van der Waals surface area contributed by atoms with Gasteiger partial charge in [0.15, 0.2) is 0 Å². The SMILES string of the molecule is O=C(N[C@H]1CC(=O)N(C2CCCCCC2)C1)c1ccccc1-c1ncc[nH]1. The van der Waals surface area contributed by atoms with Crippen LogP contribution in [0.1, 0.15) is 55.3 Å². The first-order valence-corrected chi connectivity index (χ1v) is 9.91. The van der Waals surface area contributed by atoms with Gasteiger partial charge in [0, 0.05) is 37.0 Å². The van der Waals surface area contributed by atoms with Gasteiger partial charge in [-0.15, -0.1) is 0 Å². The van der Waals surface area contributed by atoms with Crippen molar-refractivity contribution in [3.63, 3.8) is 0 Å². The average Bonchev–Trinajstić information content (AvgIpc) is 3.25. The van der Waals surface area contributed by atoms with E-state index in [0.29, 0.717) is 30.4 Å². The number of amides is 2. The number of carbonyl (C=O) groups excluding carboxylic acids is 2. The molecule has 0 unspecified atom stereocenters. The third kappa shape index (κ3) is 3.89. The van der Waals surface area contributed by atoms with Crippen LogP contribution in [0, 0.1) is 0 Å². The molecule has 1 atom stereocenters. The second kappa shape index (κ2) is 7.94. The van der Waals surface area contributed by atoms with Crippen molar-refractivity contribution in [3.8, 4) is 11.4 Å². The molecule has 1 aromatic carbocycles. The van der Waals surface area contributed by atoms with E-state index in [0.717, 1.165) is 18.4 Å². The Morgan fingerprint density at radius 1 is 1.15 bits per heavy atom. The molecule has 6 heteroatoms. The normalized spacial score (nSPS) is 21.3. The molecule has 1 aromatic heterocycles. The molecular weight excluding hydrogens is 340 g/mol. The van der Waals surface area contributed by atoms with Gasteiger partial charge in [-0.2, -0.15) is 0 Å². The van der Waals surface area contributed by atoms with Gasteiger partial charge >= 0.3 is 0 Å². The number of likely N-dealkylation sites (tertiary alicyclic amines) is 1. The quantitative estimate of drug-likeness (QED) is 0.816. The summed E-state index contributed by atoms with van der Waals surface area (Å²) in [5, 5.41) is 3.07. The predicted octanol–water partition coefficient (Wildman–Crippen LogP) is 3.13. The van der Waals surface area contributed by atoms with Crippen molar-refractivity contribution in [3.05, 3.63) is 42.2 Å². The molecule has 6 nitrogen and oxygen atoms in total. The summed E-state index contributed by atoms with van der Waals surface area (Å²) in [4.78, 5) is 34.7. The number of rotatable bonds is 4. The van der Waals surface area contributed by atoms with Gasteiger partial charge in [0.1, 0.15) is 5.82 Å². The highest BCUT2D eigenvalue weighted by Gasteiger charge is 2.35. The summed E-state index contributed by atoms with van der Waals surface area (Å²) in [6, 6.07) is 7.63. The standard InChI is InChI=1S/C21H26N4O2/c26-19-13-15(14-25(19)16-7-3-1-2-4-8-16)24-21(27)18-10-6-5-9-17(18)20-22-11-12-23-20/h5-6,9-12,15-16H,1-4,7-8,13-14H2,(H,22,23)(H,24,27)/t15-/m0/s1. The zero-order valence-corrected chi connectivity index (χ0v) is 15.5. The average molecular weight is 366 g/mol. The topological polar surface area (TPSA) is 78.1 Å². The van der Waals surface area contributed by atoms with E-state index in [1.54, 1.807) is 18.5 Å². The van der Waals surface area contributed by atoms with Gasteiger partial charge in [-0.3, -0.25) is 9.59 Å². The number of aromatic nitrogens is 2. The maximum absolute atomic E-state index is 12.9. The molecule has 1 aliphatic heterocycles. The molecule has 0 radical (unpaired) electrons. The summed E-state index contributed by atoms with van der Waals surface area (Å²) in [5.41, 5.74) is 1.35. The van der Waals surface area contributed by atoms with Gasteiger partial charge in [0.2, 0.25) is 5.91 Å². The number of imidazole rings is 1. The number of nitrogens with zero attached hydrogens (tertiary/aromatic N) is 2. The van der Waals surface area contributed by atoms with E-state index in [1.165, 1.54) is 25.7 Å². The van der Waals surface area contributed by atoms with Gasteiger partial charge in [-0.1, -0.05) is 43.9 Å². The molecule has 142 valence electrons. The summed E-state index contributed by atoms with van der Waals surface area (Å²) in [5.74, 6) is 0.692. The van der Waals surface area contributed by atoms with Crippen LogP contribution in [-0.2, 0) is 4.79 Å². The summed E-state index contributed by atoms with van der Waals surface area (Å²) in [6.07, 6.45) is 10.9. The van der Waals surface area contributed by atoms with Crippen LogP contribution in [0.2, 0.25) is 0 Å². The number of aromatic amines is 1. The molecule has 2 fully saturated rings. The van der Waals surface area contributed by atoms with E-state index >= 15 is 0 Å². The first kappa shape index (κ1) is 17.8. The maximum Gasteiger partial charge on any atom is 0.252 e. The highest BCUT2D eigenvalue weighted by molar-refractivity contribution is 6.00. The number of hydrogen-bond donors (Lipinski definition) is 2. The first-order chi connectivity index (χ1) is 13.2. The van der Waals surface area contributed by atoms with Gasteiger partial charge < -0.3 is 15.2 Å². The monoisotopic (exact) mass is 366 g/mol. The number of H-pyrrole nitrogens is 1. The Bertz CT molecular complexity index is 794. The van der Waals surface area contributed by atoms with Crippen LogP contribution >= 0.6 is 0 Å². The van der Waals surface area contributed by atoms with Crippen LogP contribution in [0.25, 0.3) is 11.4 Å². The van der Waals surface area contributed by atoms with Gasteiger partial charge in [-0.25, -0.2) is 4.98 Å². The fourth-order valence-electron chi connectivity index (χ4n) is 4.31. The molecule has 2 N–H and O–H groups in total. The van der Waals surface area contributed by atoms with Crippen LogP contribution in [0.5, 0.6) is 0 Å². The molecule has 27 heavy (non-hydrogen) atoms. The Balaban J connectivity index is 1.44. The van der Waals surface area contributed by atoms with Gasteiger partial charge in [0.05, 0.1) is 11.6 Å². The lowest BCUT2D eigenvalue weighted by Crippen LogP contribution is -2.40. The molecule has 0 bridgehead atoms. The summed E-state index contributed by atoms with van der Waals surface area (Å²) >= 11 is 0. The Labute approximate surface area is 159 Å². The molecule has 1 saturated heterocycles. The highest BCUT2D eigenvalue weighted by atomic mass is 16.2. The molecule has 4 rings (SSSR count). The fraction of sp³-hybridized carbons (Fsp3) is 0.476. The lowest BCUT2D eigenvalue weighted by atomic mass is 10.1. The van der Waals surface area contributed by atoms with Crippen LogP contribution < -0.4 is 5.32 Å². The Morgan fingerprint density at radius 3 is 2.67 bits per heavy atom. The number of carbonyl (C=O) groups is 2. The highest BCUT2D eigenvalue weighted by Crippen LogP contribution is 2.26. The van der Waals surface area contributed by atoms with E-state index in [1.807, 2.05) is 23.1 Å². The van der Waals surface area contributed by atoms with E-state index in [9.17, 15) is 9.59 Å². The van der Waals surface area contributed by atoms with Crippen LogP contribution in [0.4, 0.5) is 0 Å². The number of nitrogens with one attached hydrogen (secondary N) is 2. The summed E-state index contributed by atoms with van der Waals surface area (Å²) in [7, 11) is 0. The third-order valence-electron chi connectivity index (χ3n) is 5.68. The van der Waals surface area contributed by atoms with Crippen molar-refractivity contribution in [1.82, 2.24) is 20.2 Å². The number of hydrogen-bond acceptors (Lipinski definition) is 3. The first-order valence-electron chi connectivity index (χ1n) is 9.91. The maximum atomic E-state index is 12.9. The van der Waals surface area contributed by atoms with E-state index in [-0.39, 0.29) is 17.9 Å². The van der Waals surface area contributed by atoms with E-state index < -0.39 is 0 Å². The predicted molar refractivity (Wildman–Crippen MR) is 103 cm³/mol. The van der Waals surface area contributed by atoms with Crippen LogP contribution in [-0.4, -0.2) is 45.3 Å². The molecular formula is C21H26N4O2. The van der Waals surface area contributed by atoms with Crippen molar-refractivity contribution in [2.45, 2.75) is 57.0 Å². The third-order valence-corrected chi connectivity index (χ3v) is 5.68. The Kier molecular flexibility index (Phi) is 5.23. The van der Waals surface area contributed by atoms with E-state index in [4.69, 9.17) is 0 Å². The van der Waals surface area contributed by atoms with Crippen molar-refractivity contribution in [2.75, 3.05) is 6.54 Å². The minimum atomic E-state index is -0.150. The molecule has 2 heterocycles. The van der Waals surface area contributed by atoms with Crippen molar-refractivity contribution < 1.29 is 9.59 Å². The lowest BCUT2D eigenvalue weighted by molar-refractivity contribution is -0.129. The minimum Gasteiger partial charge on any atom is -0.347 e. The molecule has 2 amide bonds. The van der Waals surface area contributed by atoms with Gasteiger partial charge in [0.25, 0.3) is 5.91 Å². The zero-order chi connectivity index (χ0) is 18.6. The second-order valence-electron chi connectivity index (χ2n) is 7.55. The Hall–Kier alpha value is -2.63. The zero-order valence-electron chi connectivity index (χ0n) is 15.5. The minimum absolute atomic E-state index is 0.127. The molecule has 0 spiro atoms. The molecule has 1 aliphatic carbocycles. The Morgan fingerprint density at radius 2 is 1.93 bits per heavy atom. The lowest BCUT2D eigenvalue weighted by Gasteiger charge is -2.27. The smallest absolute Gasteiger partial charge is 0.252 e. The summed E-state index contributed by atoms with van der Waals surface area (Å²) in [6.45, 7) is 0.623. The molecule has 2 aromatic rings. The van der Waals surface area contributed by atoms with Crippen molar-refractivity contribution in [1.29, 1.82) is 0 Å². The fourth-order valence-corrected chi connectivity index (χ4v) is 4.31.